The summed E-state index contributed by atoms with van der Waals surface area (Å²) in [6, 6.07) is 0. The second-order valence-corrected chi connectivity index (χ2v) is 3.77. The molecular weight excluding hydrogens is 200 g/mol. The maximum absolute atomic E-state index is 8.57. The highest BCUT2D eigenvalue weighted by molar-refractivity contribution is 7.98. The van der Waals surface area contributed by atoms with Gasteiger partial charge >= 0.3 is 0 Å². The Morgan fingerprint density at radius 2 is 2.29 bits per heavy atom. The monoisotopic (exact) mass is 214 g/mol. The van der Waals surface area contributed by atoms with Crippen molar-refractivity contribution in [2.45, 2.75) is 12.2 Å². The lowest BCUT2D eigenvalue weighted by Crippen LogP contribution is -2.09. The second-order valence-electron chi connectivity index (χ2n) is 2.67. The fourth-order valence-electron chi connectivity index (χ4n) is 0.847. The summed E-state index contributed by atoms with van der Waals surface area (Å²) in [6.07, 6.45) is 4.11. The summed E-state index contributed by atoms with van der Waals surface area (Å²) in [4.78, 5) is 8.19. The van der Waals surface area contributed by atoms with Crippen LogP contribution < -0.4 is 11.3 Å². The molecule has 0 saturated heterocycles. The predicted molar refractivity (Wildman–Crippen MR) is 57.7 cm³/mol. The standard InChI is InChI=1S/C8H14N4OS/c9-12-8-5-10-7(4-11-8)6-14-3-1-2-13/h4-5,13H,1-3,6,9H2,(H,11,12). The normalized spacial score (nSPS) is 10.1. The first-order valence-corrected chi connectivity index (χ1v) is 5.48. The van der Waals surface area contributed by atoms with Gasteiger partial charge in [0.2, 0.25) is 0 Å². The topological polar surface area (TPSA) is 84.1 Å². The minimum absolute atomic E-state index is 0.245. The van der Waals surface area contributed by atoms with Crippen molar-refractivity contribution >= 4 is 17.6 Å². The van der Waals surface area contributed by atoms with Gasteiger partial charge in [0.1, 0.15) is 0 Å². The van der Waals surface area contributed by atoms with Crippen LogP contribution in [0.25, 0.3) is 0 Å². The smallest absolute Gasteiger partial charge is 0.158 e. The van der Waals surface area contributed by atoms with Crippen molar-refractivity contribution in [3.63, 3.8) is 0 Å². The zero-order valence-electron chi connectivity index (χ0n) is 7.81. The lowest BCUT2D eigenvalue weighted by Gasteiger charge is -2.01. The highest BCUT2D eigenvalue weighted by Gasteiger charge is 1.96. The molecule has 4 N–H and O–H groups in total. The zero-order valence-corrected chi connectivity index (χ0v) is 8.63. The molecule has 1 aromatic heterocycles. The lowest BCUT2D eigenvalue weighted by atomic mass is 10.5. The summed E-state index contributed by atoms with van der Waals surface area (Å²) < 4.78 is 0. The number of anilines is 1. The van der Waals surface area contributed by atoms with Crippen molar-refractivity contribution in [3.05, 3.63) is 18.1 Å². The summed E-state index contributed by atoms with van der Waals surface area (Å²) in [5, 5.41) is 8.57. The number of aromatic nitrogens is 2. The third-order valence-corrected chi connectivity index (χ3v) is 2.63. The van der Waals surface area contributed by atoms with Gasteiger partial charge in [0, 0.05) is 12.4 Å². The van der Waals surface area contributed by atoms with E-state index < -0.39 is 0 Å². The Labute approximate surface area is 87.1 Å². The molecule has 5 nitrogen and oxygen atoms in total. The van der Waals surface area contributed by atoms with E-state index in [-0.39, 0.29) is 6.61 Å². The Balaban J connectivity index is 2.29. The van der Waals surface area contributed by atoms with E-state index in [4.69, 9.17) is 10.9 Å². The van der Waals surface area contributed by atoms with Crippen LogP contribution in [0.3, 0.4) is 0 Å². The first kappa shape index (κ1) is 11.2. The average Bonchev–Trinajstić information content (AvgIpc) is 2.25. The van der Waals surface area contributed by atoms with E-state index in [2.05, 4.69) is 15.4 Å². The van der Waals surface area contributed by atoms with Gasteiger partial charge < -0.3 is 10.5 Å². The molecule has 1 aromatic rings. The lowest BCUT2D eigenvalue weighted by molar-refractivity contribution is 0.296. The maximum Gasteiger partial charge on any atom is 0.158 e. The second kappa shape index (κ2) is 6.58. The van der Waals surface area contributed by atoms with Gasteiger partial charge in [0.15, 0.2) is 5.82 Å². The van der Waals surface area contributed by atoms with E-state index in [1.165, 1.54) is 0 Å². The number of hydrogen-bond donors (Lipinski definition) is 3. The molecule has 0 bridgehead atoms. The van der Waals surface area contributed by atoms with Crippen LogP contribution in [0, 0.1) is 0 Å². The highest BCUT2D eigenvalue weighted by Crippen LogP contribution is 2.10. The summed E-state index contributed by atoms with van der Waals surface area (Å²) in [5.41, 5.74) is 3.34. The Bertz CT molecular complexity index is 254. The van der Waals surface area contributed by atoms with Crippen molar-refractivity contribution in [1.82, 2.24) is 9.97 Å². The van der Waals surface area contributed by atoms with E-state index >= 15 is 0 Å². The van der Waals surface area contributed by atoms with Crippen molar-refractivity contribution < 1.29 is 5.11 Å². The molecule has 0 spiro atoms. The summed E-state index contributed by atoms with van der Waals surface area (Å²) in [7, 11) is 0. The van der Waals surface area contributed by atoms with Gasteiger partial charge in [-0.1, -0.05) is 0 Å². The molecule has 1 rings (SSSR count). The fourth-order valence-corrected chi connectivity index (χ4v) is 1.68. The van der Waals surface area contributed by atoms with Gasteiger partial charge in [-0.15, -0.1) is 0 Å². The molecule has 0 atom stereocenters. The van der Waals surface area contributed by atoms with Crippen molar-refractivity contribution in [1.29, 1.82) is 0 Å². The Morgan fingerprint density at radius 1 is 1.43 bits per heavy atom. The molecule has 0 saturated carbocycles. The molecule has 0 fully saturated rings. The molecular formula is C8H14N4OS. The van der Waals surface area contributed by atoms with Crippen LogP contribution in [0.15, 0.2) is 12.4 Å². The Morgan fingerprint density at radius 3 is 2.86 bits per heavy atom. The number of nitrogen functional groups attached to an aromatic ring is 1. The molecule has 1 heterocycles. The van der Waals surface area contributed by atoms with Gasteiger partial charge in [-0.25, -0.2) is 10.8 Å². The van der Waals surface area contributed by atoms with Crippen LogP contribution in [0.1, 0.15) is 12.1 Å². The molecule has 0 aromatic carbocycles. The van der Waals surface area contributed by atoms with Gasteiger partial charge in [-0.05, 0) is 12.2 Å². The van der Waals surface area contributed by atoms with Gasteiger partial charge in [-0.3, -0.25) is 4.98 Å². The number of aliphatic hydroxyl groups is 1. The molecule has 0 aliphatic heterocycles. The number of nitrogens with one attached hydrogen (secondary N) is 1. The van der Waals surface area contributed by atoms with Crippen LogP contribution in [0.4, 0.5) is 5.82 Å². The molecule has 14 heavy (non-hydrogen) atoms. The number of hydrogen-bond acceptors (Lipinski definition) is 6. The fraction of sp³-hybridized carbons (Fsp3) is 0.500. The van der Waals surface area contributed by atoms with Crippen molar-refractivity contribution in [2.75, 3.05) is 17.8 Å². The number of thioether (sulfide) groups is 1. The number of aliphatic hydroxyl groups excluding tert-OH is 1. The van der Waals surface area contributed by atoms with Crippen LogP contribution >= 0.6 is 11.8 Å². The number of hydrazine groups is 1. The minimum atomic E-state index is 0.245. The first-order chi connectivity index (χ1) is 6.86. The van der Waals surface area contributed by atoms with Crippen LogP contribution in [-0.4, -0.2) is 27.4 Å². The summed E-state index contributed by atoms with van der Waals surface area (Å²) in [6.45, 7) is 0.245. The number of nitrogens with zero attached hydrogens (tertiary/aromatic N) is 2. The van der Waals surface area contributed by atoms with E-state index in [0.29, 0.717) is 5.82 Å². The molecule has 0 unspecified atom stereocenters. The van der Waals surface area contributed by atoms with Gasteiger partial charge in [0.25, 0.3) is 0 Å². The van der Waals surface area contributed by atoms with Crippen LogP contribution in [-0.2, 0) is 5.75 Å². The zero-order chi connectivity index (χ0) is 10.2. The molecule has 0 amide bonds. The molecule has 0 aliphatic carbocycles. The van der Waals surface area contributed by atoms with Crippen LogP contribution in [0.5, 0.6) is 0 Å². The van der Waals surface area contributed by atoms with Crippen molar-refractivity contribution in [3.8, 4) is 0 Å². The molecule has 6 heteroatoms. The van der Waals surface area contributed by atoms with E-state index in [1.54, 1.807) is 24.2 Å². The predicted octanol–water partition coefficient (Wildman–Crippen LogP) is 0.378. The average molecular weight is 214 g/mol. The van der Waals surface area contributed by atoms with Crippen molar-refractivity contribution in [2.24, 2.45) is 5.84 Å². The highest BCUT2D eigenvalue weighted by atomic mass is 32.2. The quantitative estimate of drug-likeness (QED) is 0.360. The van der Waals surface area contributed by atoms with Crippen LogP contribution in [0.2, 0.25) is 0 Å². The molecule has 78 valence electrons. The summed E-state index contributed by atoms with van der Waals surface area (Å²) >= 11 is 1.73. The maximum atomic E-state index is 8.57. The third-order valence-electron chi connectivity index (χ3n) is 1.55. The molecule has 0 radical (unpaired) electrons. The summed E-state index contributed by atoms with van der Waals surface area (Å²) in [5.74, 6) is 7.47. The minimum Gasteiger partial charge on any atom is -0.396 e. The largest absolute Gasteiger partial charge is 0.396 e. The van der Waals surface area contributed by atoms with E-state index in [0.717, 1.165) is 23.6 Å². The Kier molecular flexibility index (Phi) is 5.28. The van der Waals surface area contributed by atoms with Gasteiger partial charge in [-0.2, -0.15) is 11.8 Å². The van der Waals surface area contributed by atoms with E-state index in [1.807, 2.05) is 0 Å². The van der Waals surface area contributed by atoms with E-state index in [9.17, 15) is 0 Å². The SMILES string of the molecule is NNc1cnc(CSCCCO)cn1. The first-order valence-electron chi connectivity index (χ1n) is 4.33. The third kappa shape index (κ3) is 3.91. The number of rotatable bonds is 6. The number of nitrogens with two attached hydrogens (primary N) is 1. The Hall–Kier alpha value is -0.850. The molecule has 0 aliphatic rings. The van der Waals surface area contributed by atoms with Gasteiger partial charge in [0.05, 0.1) is 18.1 Å².